The van der Waals surface area contributed by atoms with E-state index < -0.39 is 20.9 Å². The van der Waals surface area contributed by atoms with E-state index in [0.717, 1.165) is 6.54 Å². The van der Waals surface area contributed by atoms with Gasteiger partial charge in [0.1, 0.15) is 5.02 Å². The van der Waals surface area contributed by atoms with Crippen LogP contribution in [0.5, 0.6) is 0 Å². The number of nitro benzene ring substituents is 1. The summed E-state index contributed by atoms with van der Waals surface area (Å²) in [7, 11) is -3.59. The van der Waals surface area contributed by atoms with Gasteiger partial charge in [0.15, 0.2) is 0 Å². The Balaban J connectivity index is 1.63. The Morgan fingerprint density at radius 3 is 2.41 bits per heavy atom. The Bertz CT molecular complexity index is 1130. The molecule has 32 heavy (non-hydrogen) atoms. The summed E-state index contributed by atoms with van der Waals surface area (Å²) in [6.45, 7) is 5.24. The van der Waals surface area contributed by atoms with Crippen LogP contribution in [0.4, 0.5) is 11.4 Å². The first-order chi connectivity index (χ1) is 15.2. The molecule has 0 spiro atoms. The quantitative estimate of drug-likeness (QED) is 0.371. The second-order valence-corrected chi connectivity index (χ2v) is 9.50. The highest BCUT2D eigenvalue weighted by Gasteiger charge is 2.27. The van der Waals surface area contributed by atoms with Crippen LogP contribution < -0.4 is 5.32 Å². The smallest absolute Gasteiger partial charge is 0.288 e. The number of nitrogens with one attached hydrogen (secondary N) is 1. The Morgan fingerprint density at radius 1 is 1.16 bits per heavy atom. The Labute approximate surface area is 191 Å². The predicted molar refractivity (Wildman–Crippen MR) is 123 cm³/mol. The lowest BCUT2D eigenvalue weighted by Crippen LogP contribution is -2.48. The molecule has 1 heterocycles. The van der Waals surface area contributed by atoms with Crippen LogP contribution in [0.2, 0.25) is 5.02 Å². The lowest BCUT2D eigenvalue weighted by atomic mass is 10.2. The van der Waals surface area contributed by atoms with E-state index in [1.807, 2.05) is 6.92 Å². The number of hydrogen-bond donors (Lipinski definition) is 1. The van der Waals surface area contributed by atoms with Crippen molar-refractivity contribution in [3.05, 3.63) is 69.2 Å². The number of anilines is 1. The predicted octanol–water partition coefficient (Wildman–Crippen LogP) is 3.23. The van der Waals surface area contributed by atoms with E-state index >= 15 is 0 Å². The van der Waals surface area contributed by atoms with Gasteiger partial charge in [0, 0.05) is 44.0 Å². The van der Waals surface area contributed by atoms with E-state index in [1.165, 1.54) is 52.9 Å². The number of piperazine rings is 1. The van der Waals surface area contributed by atoms with Gasteiger partial charge in [-0.2, -0.15) is 4.31 Å². The molecular weight excluding hydrogens is 456 g/mol. The van der Waals surface area contributed by atoms with Crippen LogP contribution in [0, 0.1) is 10.1 Å². The van der Waals surface area contributed by atoms with Crippen LogP contribution >= 0.6 is 11.6 Å². The van der Waals surface area contributed by atoms with E-state index in [0.29, 0.717) is 37.4 Å². The minimum atomic E-state index is -3.59. The minimum absolute atomic E-state index is 0.0129. The Hall–Kier alpha value is -2.79. The van der Waals surface area contributed by atoms with Crippen LogP contribution in [0.25, 0.3) is 6.08 Å². The molecule has 0 aliphatic carbocycles. The maximum atomic E-state index is 12.8. The first-order valence-corrected chi connectivity index (χ1v) is 11.8. The highest BCUT2D eigenvalue weighted by molar-refractivity contribution is 7.89. The molecule has 0 bridgehead atoms. The van der Waals surface area contributed by atoms with Crippen molar-refractivity contribution >= 4 is 45.0 Å². The Morgan fingerprint density at radius 2 is 1.81 bits per heavy atom. The number of sulfonamides is 1. The first kappa shape index (κ1) is 23.9. The second-order valence-electron chi connectivity index (χ2n) is 7.15. The standard InChI is InChI=1S/C21H23ClN4O5S/c1-2-24-11-13-25(14-12-24)32(30,31)18-7-5-17(6-8-18)23-21(27)10-4-16-3-9-19(22)20(15-16)26(28)29/h3-10,15H,2,11-14H2,1H3,(H,23,27)/b10-4+. The highest BCUT2D eigenvalue weighted by Crippen LogP contribution is 2.25. The highest BCUT2D eigenvalue weighted by atomic mass is 35.5. The molecule has 1 fully saturated rings. The summed E-state index contributed by atoms with van der Waals surface area (Å²) in [6.07, 6.45) is 2.65. The van der Waals surface area contributed by atoms with Gasteiger partial charge in [-0.15, -0.1) is 0 Å². The molecular formula is C21H23ClN4O5S. The number of carbonyl (C=O) groups excluding carboxylic acids is 1. The lowest BCUT2D eigenvalue weighted by molar-refractivity contribution is -0.384. The number of hydrogen-bond acceptors (Lipinski definition) is 6. The van der Waals surface area contributed by atoms with Gasteiger partial charge in [-0.05, 0) is 48.5 Å². The van der Waals surface area contributed by atoms with Crippen molar-refractivity contribution in [3.8, 4) is 0 Å². The third kappa shape index (κ3) is 5.71. The molecule has 2 aromatic carbocycles. The van der Waals surface area contributed by atoms with E-state index in [2.05, 4.69) is 10.2 Å². The number of halogens is 1. The van der Waals surface area contributed by atoms with E-state index in [-0.39, 0.29) is 15.6 Å². The number of carbonyl (C=O) groups is 1. The zero-order valence-electron chi connectivity index (χ0n) is 17.4. The molecule has 1 aliphatic heterocycles. The normalized spacial score (nSPS) is 15.7. The van der Waals surface area contributed by atoms with Crippen molar-refractivity contribution in [1.29, 1.82) is 0 Å². The van der Waals surface area contributed by atoms with Gasteiger partial charge in [-0.1, -0.05) is 24.6 Å². The average Bonchev–Trinajstić information content (AvgIpc) is 2.78. The summed E-state index contributed by atoms with van der Waals surface area (Å²) >= 11 is 5.78. The summed E-state index contributed by atoms with van der Waals surface area (Å²) in [4.78, 5) is 24.9. The van der Waals surface area contributed by atoms with Crippen LogP contribution in [0.1, 0.15) is 12.5 Å². The number of benzene rings is 2. The zero-order valence-corrected chi connectivity index (χ0v) is 19.0. The minimum Gasteiger partial charge on any atom is -0.323 e. The van der Waals surface area contributed by atoms with Gasteiger partial charge in [0.25, 0.3) is 5.69 Å². The molecule has 170 valence electrons. The fraction of sp³-hybridized carbons (Fsp3) is 0.286. The van der Waals surface area contributed by atoms with E-state index in [9.17, 15) is 23.3 Å². The number of nitro groups is 1. The third-order valence-electron chi connectivity index (χ3n) is 5.13. The Kier molecular flexibility index (Phi) is 7.62. The molecule has 0 atom stereocenters. The van der Waals surface area contributed by atoms with E-state index in [1.54, 1.807) is 6.07 Å². The summed E-state index contributed by atoms with van der Waals surface area (Å²) in [5.41, 5.74) is 0.625. The van der Waals surface area contributed by atoms with Gasteiger partial charge in [-0.25, -0.2) is 8.42 Å². The van der Waals surface area contributed by atoms with Crippen molar-refractivity contribution in [2.75, 3.05) is 38.0 Å². The molecule has 2 aromatic rings. The van der Waals surface area contributed by atoms with Crippen molar-refractivity contribution < 1.29 is 18.1 Å². The zero-order chi connectivity index (χ0) is 23.3. The topological polar surface area (TPSA) is 113 Å². The van der Waals surface area contributed by atoms with Gasteiger partial charge in [-0.3, -0.25) is 14.9 Å². The molecule has 1 aliphatic rings. The van der Waals surface area contributed by atoms with E-state index in [4.69, 9.17) is 11.6 Å². The second kappa shape index (κ2) is 10.2. The summed E-state index contributed by atoms with van der Waals surface area (Å²) in [6, 6.07) is 10.2. The van der Waals surface area contributed by atoms with Crippen LogP contribution in [0.15, 0.2) is 53.4 Å². The van der Waals surface area contributed by atoms with Crippen molar-refractivity contribution in [2.24, 2.45) is 0 Å². The maximum Gasteiger partial charge on any atom is 0.288 e. The summed E-state index contributed by atoms with van der Waals surface area (Å²) < 4.78 is 27.1. The van der Waals surface area contributed by atoms with Crippen LogP contribution in [-0.4, -0.2) is 61.2 Å². The third-order valence-corrected chi connectivity index (χ3v) is 7.36. The molecule has 3 rings (SSSR count). The molecule has 9 nitrogen and oxygen atoms in total. The number of rotatable bonds is 7. The maximum absolute atomic E-state index is 12.8. The number of amides is 1. The van der Waals surface area contributed by atoms with Gasteiger partial charge < -0.3 is 10.2 Å². The van der Waals surface area contributed by atoms with Crippen molar-refractivity contribution in [3.63, 3.8) is 0 Å². The number of nitrogens with zero attached hydrogens (tertiary/aromatic N) is 3. The molecule has 1 amide bonds. The summed E-state index contributed by atoms with van der Waals surface area (Å²) in [5, 5.41) is 13.6. The SMILES string of the molecule is CCN1CCN(S(=O)(=O)c2ccc(NC(=O)/C=C/c3ccc(Cl)c([N+](=O)[O-])c3)cc2)CC1. The molecule has 1 N–H and O–H groups in total. The first-order valence-electron chi connectivity index (χ1n) is 9.96. The van der Waals surface area contributed by atoms with Crippen LogP contribution in [0.3, 0.4) is 0 Å². The molecule has 0 aromatic heterocycles. The summed E-state index contributed by atoms with van der Waals surface area (Å²) in [5.74, 6) is -0.464. The number of likely N-dealkylation sites (N-methyl/N-ethyl adjacent to an activating group) is 1. The van der Waals surface area contributed by atoms with Crippen molar-refractivity contribution in [1.82, 2.24) is 9.21 Å². The van der Waals surface area contributed by atoms with Crippen molar-refractivity contribution in [2.45, 2.75) is 11.8 Å². The fourth-order valence-corrected chi connectivity index (χ4v) is 4.88. The van der Waals surface area contributed by atoms with Gasteiger partial charge in [0.05, 0.1) is 9.82 Å². The lowest BCUT2D eigenvalue weighted by Gasteiger charge is -2.33. The average molecular weight is 479 g/mol. The molecule has 0 radical (unpaired) electrons. The molecule has 1 saturated heterocycles. The molecule has 0 saturated carbocycles. The van der Waals surface area contributed by atoms with Gasteiger partial charge >= 0.3 is 0 Å². The monoisotopic (exact) mass is 478 g/mol. The molecule has 11 heteroatoms. The van der Waals surface area contributed by atoms with Crippen LogP contribution in [-0.2, 0) is 14.8 Å². The van der Waals surface area contributed by atoms with Gasteiger partial charge in [0.2, 0.25) is 15.9 Å². The molecule has 0 unspecified atom stereocenters. The largest absolute Gasteiger partial charge is 0.323 e. The fourth-order valence-electron chi connectivity index (χ4n) is 3.27.